The molecule has 1 aromatic heterocycles. The number of aromatic nitrogens is 1. The van der Waals surface area contributed by atoms with Crippen molar-refractivity contribution in [3.05, 3.63) is 35.0 Å². The molecule has 2 aliphatic heterocycles. The van der Waals surface area contributed by atoms with Crippen molar-refractivity contribution in [2.45, 2.75) is 31.0 Å². The molecule has 3 N–H and O–H groups in total. The van der Waals surface area contributed by atoms with Crippen LogP contribution in [0, 0.1) is 0 Å². The quantitative estimate of drug-likeness (QED) is 0.773. The molecule has 2 aromatic rings. The van der Waals surface area contributed by atoms with Gasteiger partial charge in [0.05, 0.1) is 17.7 Å². The molecule has 25 heavy (non-hydrogen) atoms. The third-order valence-corrected chi connectivity index (χ3v) is 5.54. The molecule has 2 aliphatic rings. The first-order valence-corrected chi connectivity index (χ1v) is 9.07. The van der Waals surface area contributed by atoms with Gasteiger partial charge in [-0.15, -0.1) is 0 Å². The number of aliphatic hydroxyl groups is 1. The number of hydrogen-bond acceptors (Lipinski definition) is 4. The molecule has 2 fully saturated rings. The Morgan fingerprint density at radius 2 is 2.24 bits per heavy atom. The molecule has 0 saturated carbocycles. The summed E-state index contributed by atoms with van der Waals surface area (Å²) in [4.78, 5) is 18.1. The number of nitrogens with one attached hydrogen (secondary N) is 2. The largest absolute Gasteiger partial charge is 0.396 e. The summed E-state index contributed by atoms with van der Waals surface area (Å²) in [5.74, 6) is -0.168. The lowest BCUT2D eigenvalue weighted by atomic mass is 10.1. The van der Waals surface area contributed by atoms with Gasteiger partial charge in [-0.05, 0) is 18.9 Å². The monoisotopic (exact) mass is 363 g/mol. The van der Waals surface area contributed by atoms with Crippen molar-refractivity contribution in [2.75, 3.05) is 26.3 Å². The van der Waals surface area contributed by atoms with E-state index in [9.17, 15) is 4.79 Å². The summed E-state index contributed by atoms with van der Waals surface area (Å²) in [5.41, 5.74) is 1.28. The third kappa shape index (κ3) is 3.27. The smallest absolute Gasteiger partial charge is 0.269 e. The molecule has 4 rings (SSSR count). The highest BCUT2D eigenvalue weighted by Gasteiger charge is 2.38. The Balaban J connectivity index is 1.42. The molecule has 3 heterocycles. The molecule has 0 spiro atoms. The van der Waals surface area contributed by atoms with Crippen molar-refractivity contribution in [1.29, 1.82) is 0 Å². The van der Waals surface area contributed by atoms with Gasteiger partial charge in [-0.2, -0.15) is 0 Å². The molecule has 0 aliphatic carbocycles. The van der Waals surface area contributed by atoms with Crippen LogP contribution in [0.1, 0.15) is 23.3 Å². The Bertz CT molecular complexity index is 778. The number of rotatable bonds is 4. The third-order valence-electron chi connectivity index (χ3n) is 5.15. The molecule has 0 bridgehead atoms. The van der Waals surface area contributed by atoms with E-state index >= 15 is 0 Å². The number of hydrogen-bond donors (Lipinski definition) is 3. The van der Waals surface area contributed by atoms with E-state index in [1.54, 1.807) is 0 Å². The number of carbonyl (C=O) groups is 1. The Hall–Kier alpha value is -1.60. The highest BCUT2D eigenvalue weighted by atomic mass is 35.5. The van der Waals surface area contributed by atoms with Crippen LogP contribution in [0.3, 0.4) is 0 Å². The fraction of sp³-hybridized carbons (Fsp3) is 0.500. The molecule has 0 radical (unpaired) electrons. The van der Waals surface area contributed by atoms with Crippen LogP contribution < -0.4 is 5.32 Å². The zero-order chi connectivity index (χ0) is 17.4. The average Bonchev–Trinajstić information content (AvgIpc) is 3.16. The van der Waals surface area contributed by atoms with E-state index in [-0.39, 0.29) is 24.7 Å². The maximum absolute atomic E-state index is 12.7. The van der Waals surface area contributed by atoms with Gasteiger partial charge in [0.1, 0.15) is 5.69 Å². The van der Waals surface area contributed by atoms with Gasteiger partial charge in [-0.3, -0.25) is 9.69 Å². The van der Waals surface area contributed by atoms with Crippen LogP contribution >= 0.6 is 11.6 Å². The topological polar surface area (TPSA) is 77.6 Å². The summed E-state index contributed by atoms with van der Waals surface area (Å²) in [6.07, 6.45) is 1.61. The zero-order valence-electron chi connectivity index (χ0n) is 13.9. The molecule has 0 unspecified atom stereocenters. The highest BCUT2D eigenvalue weighted by Crippen LogP contribution is 2.28. The Labute approximate surface area is 151 Å². The van der Waals surface area contributed by atoms with Crippen molar-refractivity contribution in [3.8, 4) is 0 Å². The van der Waals surface area contributed by atoms with Gasteiger partial charge in [0.25, 0.3) is 5.91 Å². The maximum atomic E-state index is 12.7. The Kier molecular flexibility index (Phi) is 4.69. The highest BCUT2D eigenvalue weighted by molar-refractivity contribution is 6.38. The van der Waals surface area contributed by atoms with Crippen molar-refractivity contribution in [2.24, 2.45) is 0 Å². The summed E-state index contributed by atoms with van der Waals surface area (Å²) in [5, 5.41) is 13.5. The number of ether oxygens (including phenoxy) is 1. The van der Waals surface area contributed by atoms with Crippen LogP contribution in [-0.4, -0.2) is 65.4 Å². The number of benzene rings is 1. The van der Waals surface area contributed by atoms with Gasteiger partial charge in [-0.25, -0.2) is 0 Å². The van der Waals surface area contributed by atoms with E-state index < -0.39 is 0 Å². The van der Waals surface area contributed by atoms with Crippen LogP contribution in [0.2, 0.25) is 5.02 Å². The number of H-pyrrole nitrogens is 1. The van der Waals surface area contributed by atoms with Gasteiger partial charge < -0.3 is 20.1 Å². The molecule has 134 valence electrons. The van der Waals surface area contributed by atoms with Crippen molar-refractivity contribution < 1.29 is 14.6 Å². The lowest BCUT2D eigenvalue weighted by Crippen LogP contribution is -2.46. The molecule has 7 heteroatoms. The minimum atomic E-state index is -0.168. The first-order chi connectivity index (χ1) is 12.2. The lowest BCUT2D eigenvalue weighted by Gasteiger charge is -2.34. The molecule has 1 amide bonds. The van der Waals surface area contributed by atoms with Gasteiger partial charge in [-0.1, -0.05) is 29.8 Å². The Morgan fingerprint density at radius 3 is 3.04 bits per heavy atom. The van der Waals surface area contributed by atoms with Crippen molar-refractivity contribution >= 4 is 28.4 Å². The normalized spacial score (nSPS) is 26.7. The molecular weight excluding hydrogens is 342 g/mol. The lowest BCUT2D eigenvalue weighted by molar-refractivity contribution is -0.0566. The van der Waals surface area contributed by atoms with E-state index in [2.05, 4.69) is 15.2 Å². The minimum Gasteiger partial charge on any atom is -0.396 e. The van der Waals surface area contributed by atoms with Gasteiger partial charge in [0, 0.05) is 42.7 Å². The second-order valence-corrected chi connectivity index (χ2v) is 7.22. The molecule has 3 atom stereocenters. The van der Waals surface area contributed by atoms with Crippen molar-refractivity contribution in [3.63, 3.8) is 0 Å². The fourth-order valence-corrected chi connectivity index (χ4v) is 4.19. The molecule has 1 aromatic carbocycles. The number of carbonyl (C=O) groups excluding carboxylic acids is 1. The average molecular weight is 364 g/mol. The van der Waals surface area contributed by atoms with Crippen molar-refractivity contribution in [1.82, 2.24) is 15.2 Å². The zero-order valence-corrected chi connectivity index (χ0v) is 14.6. The first kappa shape index (κ1) is 16.8. The SMILES string of the molecule is O=C(N[C@H]1C[C@H]2CO[C@@H](CCO)CN2C1)c1[nH]c2ccccc2c1Cl. The second-order valence-electron chi connectivity index (χ2n) is 6.84. The molecule has 2 saturated heterocycles. The summed E-state index contributed by atoms with van der Waals surface area (Å²) in [6.45, 7) is 2.41. The number of amides is 1. The number of para-hydroxylation sites is 1. The summed E-state index contributed by atoms with van der Waals surface area (Å²) < 4.78 is 5.79. The number of morpholine rings is 1. The molecule has 6 nitrogen and oxygen atoms in total. The number of halogens is 1. The second kappa shape index (κ2) is 6.96. The number of fused-ring (bicyclic) bond motifs is 2. The Morgan fingerprint density at radius 1 is 1.40 bits per heavy atom. The van der Waals surface area contributed by atoms with E-state index in [0.29, 0.717) is 29.8 Å². The van der Waals surface area contributed by atoms with Crippen LogP contribution in [0.4, 0.5) is 0 Å². The minimum absolute atomic E-state index is 0.0801. The summed E-state index contributed by atoms with van der Waals surface area (Å²) in [7, 11) is 0. The van der Waals surface area contributed by atoms with E-state index in [1.165, 1.54) is 0 Å². The van der Waals surface area contributed by atoms with E-state index in [4.69, 9.17) is 21.4 Å². The van der Waals surface area contributed by atoms with Gasteiger partial charge in [0.15, 0.2) is 0 Å². The van der Waals surface area contributed by atoms with Gasteiger partial charge in [0.2, 0.25) is 0 Å². The number of nitrogens with zero attached hydrogens (tertiary/aromatic N) is 1. The number of aliphatic hydroxyl groups excluding tert-OH is 1. The van der Waals surface area contributed by atoms with E-state index in [0.717, 1.165) is 30.4 Å². The predicted molar refractivity (Wildman–Crippen MR) is 96.0 cm³/mol. The summed E-state index contributed by atoms with van der Waals surface area (Å²) >= 11 is 6.37. The van der Waals surface area contributed by atoms with Crippen LogP contribution in [0.15, 0.2) is 24.3 Å². The first-order valence-electron chi connectivity index (χ1n) is 8.69. The number of aromatic amines is 1. The van der Waals surface area contributed by atoms with E-state index in [1.807, 2.05) is 24.3 Å². The van der Waals surface area contributed by atoms with Crippen LogP contribution in [0.25, 0.3) is 10.9 Å². The standard InChI is InChI=1S/C18H22ClN3O3/c19-16-14-3-1-2-4-15(14)21-17(16)18(24)20-11-7-12-10-25-13(5-6-23)9-22(12)8-11/h1-4,11-13,21,23H,5-10H2,(H,20,24)/t11-,12-,13-/m0/s1. The maximum Gasteiger partial charge on any atom is 0.269 e. The predicted octanol–water partition coefficient (Wildman–Crippen LogP) is 1.78. The molecular formula is C18H22ClN3O3. The van der Waals surface area contributed by atoms with Crippen LogP contribution in [-0.2, 0) is 4.74 Å². The summed E-state index contributed by atoms with van der Waals surface area (Å²) in [6, 6.07) is 8.04. The fourth-order valence-electron chi connectivity index (χ4n) is 3.89. The van der Waals surface area contributed by atoms with Gasteiger partial charge >= 0.3 is 0 Å². The van der Waals surface area contributed by atoms with Crippen LogP contribution in [0.5, 0.6) is 0 Å².